The van der Waals surface area contributed by atoms with Gasteiger partial charge in [0.15, 0.2) is 0 Å². The summed E-state index contributed by atoms with van der Waals surface area (Å²) in [5.41, 5.74) is 6.73. The molecule has 0 aliphatic rings. The lowest BCUT2D eigenvalue weighted by Gasteiger charge is -2.05. The Morgan fingerprint density at radius 3 is 2.67 bits per heavy atom. The van der Waals surface area contributed by atoms with E-state index in [1.165, 1.54) is 18.3 Å². The summed E-state index contributed by atoms with van der Waals surface area (Å²) in [6, 6.07) is 7.84. The number of sulfonamides is 1. The molecule has 0 aliphatic heterocycles. The minimum Gasteiger partial charge on any atom is -0.352 e. The smallest absolute Gasteiger partial charge is 0.242 e. The van der Waals surface area contributed by atoms with Gasteiger partial charge in [-0.1, -0.05) is 18.2 Å². The number of benzene rings is 1. The first-order valence-electron chi connectivity index (χ1n) is 6.52. The van der Waals surface area contributed by atoms with Gasteiger partial charge in [0.2, 0.25) is 10.0 Å². The maximum atomic E-state index is 13.4. The van der Waals surface area contributed by atoms with Crippen LogP contribution in [0.25, 0.3) is 0 Å². The number of aromatic nitrogens is 1. The molecule has 0 spiro atoms. The first-order valence-corrected chi connectivity index (χ1v) is 8.01. The summed E-state index contributed by atoms with van der Waals surface area (Å²) < 4.78 is 41.8. The minimum absolute atomic E-state index is 0.135. The predicted octanol–water partition coefficient (Wildman–Crippen LogP) is 1.14. The van der Waals surface area contributed by atoms with E-state index in [0.29, 0.717) is 12.0 Å². The average molecular weight is 311 g/mol. The van der Waals surface area contributed by atoms with E-state index < -0.39 is 10.0 Å². The molecule has 0 atom stereocenters. The van der Waals surface area contributed by atoms with Crippen molar-refractivity contribution < 1.29 is 12.8 Å². The van der Waals surface area contributed by atoms with E-state index in [2.05, 4.69) is 4.72 Å². The van der Waals surface area contributed by atoms with Gasteiger partial charge in [0.1, 0.15) is 5.82 Å². The predicted molar refractivity (Wildman–Crippen MR) is 78.6 cm³/mol. The highest BCUT2D eigenvalue weighted by molar-refractivity contribution is 7.89. The SMILES string of the molecule is Cn1cc(S(=O)(=O)NCCc2ccccc2F)cc1CN. The Hall–Kier alpha value is -1.70. The van der Waals surface area contributed by atoms with Gasteiger partial charge < -0.3 is 10.3 Å². The molecule has 0 aliphatic carbocycles. The van der Waals surface area contributed by atoms with Crippen LogP contribution in [0.4, 0.5) is 4.39 Å². The van der Waals surface area contributed by atoms with Crippen LogP contribution in [0.2, 0.25) is 0 Å². The number of aryl methyl sites for hydroxylation is 1. The Morgan fingerprint density at radius 1 is 1.33 bits per heavy atom. The van der Waals surface area contributed by atoms with Gasteiger partial charge in [-0.15, -0.1) is 0 Å². The second-order valence-electron chi connectivity index (χ2n) is 4.72. The number of nitrogens with two attached hydrogens (primary N) is 1. The number of nitrogens with zero attached hydrogens (tertiary/aromatic N) is 1. The monoisotopic (exact) mass is 311 g/mol. The Balaban J connectivity index is 2.03. The molecular weight excluding hydrogens is 293 g/mol. The molecule has 0 bridgehead atoms. The van der Waals surface area contributed by atoms with E-state index in [0.717, 1.165) is 5.69 Å². The fourth-order valence-electron chi connectivity index (χ4n) is 2.03. The second-order valence-corrected chi connectivity index (χ2v) is 6.49. The minimum atomic E-state index is -3.60. The molecule has 1 aromatic heterocycles. The molecule has 0 unspecified atom stereocenters. The van der Waals surface area contributed by atoms with Crippen molar-refractivity contribution >= 4 is 10.0 Å². The highest BCUT2D eigenvalue weighted by Crippen LogP contribution is 2.13. The second kappa shape index (κ2) is 6.38. The van der Waals surface area contributed by atoms with Gasteiger partial charge in [-0.25, -0.2) is 17.5 Å². The van der Waals surface area contributed by atoms with Crippen molar-refractivity contribution in [2.75, 3.05) is 6.54 Å². The van der Waals surface area contributed by atoms with E-state index in [1.807, 2.05) is 0 Å². The van der Waals surface area contributed by atoms with Gasteiger partial charge in [0.25, 0.3) is 0 Å². The molecule has 1 aromatic carbocycles. The lowest BCUT2D eigenvalue weighted by Crippen LogP contribution is -2.25. The molecular formula is C14H18FN3O2S. The average Bonchev–Trinajstić information content (AvgIpc) is 2.83. The fourth-order valence-corrected chi connectivity index (χ4v) is 3.16. The molecule has 0 fully saturated rings. The fraction of sp³-hybridized carbons (Fsp3) is 0.286. The highest BCUT2D eigenvalue weighted by Gasteiger charge is 2.16. The van der Waals surface area contributed by atoms with Crippen molar-refractivity contribution in [2.24, 2.45) is 12.8 Å². The standard InChI is InChI=1S/C14H18FN3O2S/c1-18-10-13(8-12(18)9-16)21(19,20)17-7-6-11-4-2-3-5-14(11)15/h2-5,8,10,17H,6-7,9,16H2,1H3. The molecule has 2 rings (SSSR count). The van der Waals surface area contributed by atoms with Crippen LogP contribution >= 0.6 is 0 Å². The van der Waals surface area contributed by atoms with Gasteiger partial charge in [-0.3, -0.25) is 0 Å². The van der Waals surface area contributed by atoms with E-state index in [1.54, 1.807) is 29.8 Å². The lowest BCUT2D eigenvalue weighted by atomic mass is 10.1. The molecule has 5 nitrogen and oxygen atoms in total. The van der Waals surface area contributed by atoms with Crippen molar-refractivity contribution in [2.45, 2.75) is 17.9 Å². The topological polar surface area (TPSA) is 77.1 Å². The van der Waals surface area contributed by atoms with Gasteiger partial charge in [-0.2, -0.15) is 0 Å². The zero-order chi connectivity index (χ0) is 15.5. The van der Waals surface area contributed by atoms with Crippen LogP contribution in [0.1, 0.15) is 11.3 Å². The number of hydrogen-bond acceptors (Lipinski definition) is 3. The van der Waals surface area contributed by atoms with Crippen molar-refractivity contribution in [1.29, 1.82) is 0 Å². The Morgan fingerprint density at radius 2 is 2.05 bits per heavy atom. The van der Waals surface area contributed by atoms with Crippen molar-refractivity contribution in [3.8, 4) is 0 Å². The van der Waals surface area contributed by atoms with E-state index in [4.69, 9.17) is 5.73 Å². The summed E-state index contributed by atoms with van der Waals surface area (Å²) >= 11 is 0. The molecule has 114 valence electrons. The molecule has 0 amide bonds. The third-order valence-electron chi connectivity index (χ3n) is 3.25. The third kappa shape index (κ3) is 3.69. The normalized spacial score (nSPS) is 11.8. The Bertz CT molecular complexity index is 726. The summed E-state index contributed by atoms with van der Waals surface area (Å²) in [5, 5.41) is 0. The molecule has 3 N–H and O–H groups in total. The van der Waals surface area contributed by atoms with Gasteiger partial charge in [-0.05, 0) is 24.1 Å². The van der Waals surface area contributed by atoms with E-state index in [9.17, 15) is 12.8 Å². The Kier molecular flexibility index (Phi) is 4.76. The third-order valence-corrected chi connectivity index (χ3v) is 4.67. The largest absolute Gasteiger partial charge is 0.352 e. The number of rotatable bonds is 6. The molecule has 7 heteroatoms. The molecule has 2 aromatic rings. The quantitative estimate of drug-likeness (QED) is 0.840. The summed E-state index contributed by atoms with van der Waals surface area (Å²) in [7, 11) is -1.87. The molecule has 0 saturated heterocycles. The summed E-state index contributed by atoms with van der Waals surface area (Å²) in [5.74, 6) is -0.332. The number of nitrogens with one attached hydrogen (secondary N) is 1. The van der Waals surface area contributed by atoms with Gasteiger partial charge in [0.05, 0.1) is 4.90 Å². The van der Waals surface area contributed by atoms with Gasteiger partial charge >= 0.3 is 0 Å². The maximum Gasteiger partial charge on any atom is 0.242 e. The van der Waals surface area contributed by atoms with Crippen LogP contribution in [0.15, 0.2) is 41.4 Å². The van der Waals surface area contributed by atoms with Crippen molar-refractivity contribution in [3.63, 3.8) is 0 Å². The first-order chi connectivity index (χ1) is 9.94. The van der Waals surface area contributed by atoms with Crippen LogP contribution in [0.5, 0.6) is 0 Å². The number of halogens is 1. The molecule has 1 heterocycles. The van der Waals surface area contributed by atoms with E-state index >= 15 is 0 Å². The van der Waals surface area contributed by atoms with Gasteiger partial charge in [0, 0.05) is 32.0 Å². The maximum absolute atomic E-state index is 13.4. The van der Waals surface area contributed by atoms with Crippen LogP contribution < -0.4 is 10.5 Å². The number of hydrogen-bond donors (Lipinski definition) is 2. The summed E-state index contributed by atoms with van der Waals surface area (Å²) in [4.78, 5) is 0.166. The van der Waals surface area contributed by atoms with Crippen LogP contribution in [0.3, 0.4) is 0 Å². The molecule has 0 radical (unpaired) electrons. The summed E-state index contributed by atoms with van der Waals surface area (Å²) in [6.07, 6.45) is 1.80. The molecule has 21 heavy (non-hydrogen) atoms. The summed E-state index contributed by atoms with van der Waals surface area (Å²) in [6.45, 7) is 0.400. The zero-order valence-corrected chi connectivity index (χ0v) is 12.5. The molecule has 0 saturated carbocycles. The van der Waals surface area contributed by atoms with Crippen LogP contribution in [-0.2, 0) is 30.0 Å². The van der Waals surface area contributed by atoms with Crippen molar-refractivity contribution in [3.05, 3.63) is 53.6 Å². The Labute approximate surface area is 123 Å². The first kappa shape index (κ1) is 15.7. The van der Waals surface area contributed by atoms with Crippen LogP contribution in [0, 0.1) is 5.82 Å². The van der Waals surface area contributed by atoms with Crippen LogP contribution in [-0.4, -0.2) is 19.5 Å². The zero-order valence-electron chi connectivity index (χ0n) is 11.7. The van der Waals surface area contributed by atoms with E-state index in [-0.39, 0.29) is 23.8 Å². The highest BCUT2D eigenvalue weighted by atomic mass is 32.2. The lowest BCUT2D eigenvalue weighted by molar-refractivity contribution is 0.577. The van der Waals surface area contributed by atoms with Crippen molar-refractivity contribution in [1.82, 2.24) is 9.29 Å².